The standard InChI is InChI=1S/C30H36F6N4O5/c1-18(2)12-8-7-11-15-28(30(34,35)36,43-17-19-13-9-6-10-14-19)25-40-39-24(44-25)22-21(37-26(42)45-27(3,4)5)16-20(23(41)38-22)29(31,32)33/h6,9-10,13-14,16,18H,7-8,11-12,15,17H2,1-5H3,(H,37,42)(H,38,41)/t28-/m1/s1. The number of ether oxygens (including phenoxy) is 2. The molecule has 0 aliphatic carbocycles. The van der Waals surface area contributed by atoms with E-state index in [0.717, 1.165) is 6.42 Å². The zero-order valence-electron chi connectivity index (χ0n) is 25.5. The van der Waals surface area contributed by atoms with Crippen molar-refractivity contribution in [1.29, 1.82) is 0 Å². The van der Waals surface area contributed by atoms with Gasteiger partial charge in [0.05, 0.1) is 12.3 Å². The maximum absolute atomic E-state index is 15.0. The van der Waals surface area contributed by atoms with Gasteiger partial charge in [-0.2, -0.15) is 26.3 Å². The number of carbonyl (C=O) groups is 1. The van der Waals surface area contributed by atoms with Crippen LogP contribution in [0.4, 0.5) is 36.8 Å². The lowest BCUT2D eigenvalue weighted by molar-refractivity contribution is -0.300. The molecule has 0 fully saturated rings. The van der Waals surface area contributed by atoms with Crippen LogP contribution in [0.3, 0.4) is 0 Å². The van der Waals surface area contributed by atoms with Gasteiger partial charge in [0.1, 0.15) is 11.2 Å². The van der Waals surface area contributed by atoms with Crippen LogP contribution in [0.15, 0.2) is 40.8 Å². The van der Waals surface area contributed by atoms with E-state index in [4.69, 9.17) is 13.9 Å². The topological polar surface area (TPSA) is 120 Å². The van der Waals surface area contributed by atoms with Crippen molar-refractivity contribution in [3.63, 3.8) is 0 Å². The van der Waals surface area contributed by atoms with E-state index in [9.17, 15) is 36.2 Å². The molecule has 3 rings (SSSR count). The Morgan fingerprint density at radius 2 is 1.67 bits per heavy atom. The molecular formula is C30H36F6N4O5. The third-order valence-corrected chi connectivity index (χ3v) is 6.51. The molecular weight excluding hydrogens is 610 g/mol. The number of unbranched alkanes of at least 4 members (excludes halogenated alkanes) is 2. The fourth-order valence-corrected chi connectivity index (χ4v) is 4.34. The number of aromatic nitrogens is 3. The number of alkyl halides is 6. The maximum atomic E-state index is 15.0. The Morgan fingerprint density at radius 3 is 2.24 bits per heavy atom. The van der Waals surface area contributed by atoms with Crippen molar-refractivity contribution >= 4 is 11.8 Å². The predicted octanol–water partition coefficient (Wildman–Crippen LogP) is 8.78. The number of halogens is 6. The largest absolute Gasteiger partial charge is 0.493 e. The van der Waals surface area contributed by atoms with Crippen LogP contribution in [0.25, 0.3) is 11.6 Å². The highest BCUT2D eigenvalue weighted by Gasteiger charge is 2.61. The lowest BCUT2D eigenvalue weighted by atomic mass is 9.93. The second-order valence-corrected chi connectivity index (χ2v) is 11.9. The van der Waals surface area contributed by atoms with Crippen molar-refractivity contribution < 1.29 is 50.1 Å². The lowest BCUT2D eigenvalue weighted by Crippen LogP contribution is -2.45. The van der Waals surface area contributed by atoms with Crippen molar-refractivity contribution in [3.8, 4) is 17.5 Å². The summed E-state index contributed by atoms with van der Waals surface area (Å²) in [5, 5.41) is 19.4. The summed E-state index contributed by atoms with van der Waals surface area (Å²) < 4.78 is 102. The molecule has 0 spiro atoms. The molecule has 1 aromatic carbocycles. The fourth-order valence-electron chi connectivity index (χ4n) is 4.34. The Bertz CT molecular complexity index is 1420. The second-order valence-electron chi connectivity index (χ2n) is 11.9. The van der Waals surface area contributed by atoms with Crippen LogP contribution in [0.1, 0.15) is 83.7 Å². The van der Waals surface area contributed by atoms with Crippen LogP contribution in [0, 0.1) is 5.92 Å². The van der Waals surface area contributed by atoms with Gasteiger partial charge >= 0.3 is 18.4 Å². The lowest BCUT2D eigenvalue weighted by Gasteiger charge is -2.32. The van der Waals surface area contributed by atoms with Crippen molar-refractivity contribution in [1.82, 2.24) is 15.2 Å². The molecule has 248 valence electrons. The highest BCUT2D eigenvalue weighted by Crippen LogP contribution is 2.47. The monoisotopic (exact) mass is 646 g/mol. The number of pyridine rings is 1. The minimum Gasteiger partial charge on any atom is -0.493 e. The number of rotatable bonds is 12. The number of hydrogen-bond acceptors (Lipinski definition) is 8. The van der Waals surface area contributed by atoms with E-state index in [1.54, 1.807) is 30.3 Å². The molecule has 9 nitrogen and oxygen atoms in total. The number of hydrogen-bond donors (Lipinski definition) is 2. The van der Waals surface area contributed by atoms with Crippen LogP contribution in [-0.2, 0) is 27.9 Å². The van der Waals surface area contributed by atoms with E-state index in [2.05, 4.69) is 20.5 Å². The average Bonchev–Trinajstić information content (AvgIpc) is 3.39. The molecule has 0 saturated heterocycles. The number of nitrogens with zero attached hydrogens (tertiary/aromatic N) is 3. The van der Waals surface area contributed by atoms with Gasteiger partial charge in [-0.15, -0.1) is 10.2 Å². The number of anilines is 1. The van der Waals surface area contributed by atoms with E-state index < -0.39 is 77.3 Å². The molecule has 0 aliphatic heterocycles. The quantitative estimate of drug-likeness (QED) is 0.148. The first-order chi connectivity index (χ1) is 20.8. The SMILES string of the molecule is CC(C)CCCCC[C@@](OCc1ccccc1)(c1nnc(-c2nc(O)c(C(F)(F)F)cc2NC(=O)OC(C)(C)C)o1)C(F)(F)F. The number of benzene rings is 1. The van der Waals surface area contributed by atoms with Crippen molar-refractivity contribution in [2.24, 2.45) is 5.92 Å². The summed E-state index contributed by atoms with van der Waals surface area (Å²) in [6.45, 7) is 8.04. The fraction of sp³-hybridized carbons (Fsp3) is 0.533. The molecule has 2 N–H and O–H groups in total. The summed E-state index contributed by atoms with van der Waals surface area (Å²) in [6.07, 6.45) is -9.98. The summed E-state index contributed by atoms with van der Waals surface area (Å²) in [4.78, 5) is 15.9. The van der Waals surface area contributed by atoms with E-state index >= 15 is 0 Å². The molecule has 15 heteroatoms. The molecule has 45 heavy (non-hydrogen) atoms. The Morgan fingerprint density at radius 1 is 1.00 bits per heavy atom. The maximum Gasteiger partial charge on any atom is 0.426 e. The second kappa shape index (κ2) is 14.0. The first-order valence-electron chi connectivity index (χ1n) is 14.2. The number of carbonyl (C=O) groups excluding carboxylic acids is 1. The smallest absolute Gasteiger partial charge is 0.426 e. The molecule has 1 amide bonds. The predicted molar refractivity (Wildman–Crippen MR) is 151 cm³/mol. The summed E-state index contributed by atoms with van der Waals surface area (Å²) in [5.74, 6) is -2.99. The van der Waals surface area contributed by atoms with Crippen LogP contribution in [0.5, 0.6) is 5.88 Å². The van der Waals surface area contributed by atoms with Crippen LogP contribution in [0.2, 0.25) is 0 Å². The summed E-state index contributed by atoms with van der Waals surface area (Å²) in [6, 6.07) is 8.44. The van der Waals surface area contributed by atoms with Gasteiger partial charge in [-0.1, -0.05) is 63.4 Å². The van der Waals surface area contributed by atoms with E-state index in [-0.39, 0.29) is 6.42 Å². The third kappa shape index (κ3) is 9.55. The van der Waals surface area contributed by atoms with E-state index in [1.807, 2.05) is 13.8 Å². The summed E-state index contributed by atoms with van der Waals surface area (Å²) in [7, 11) is 0. The molecule has 0 saturated carbocycles. The minimum atomic E-state index is -5.10. The Labute approximate surface area is 256 Å². The zero-order chi connectivity index (χ0) is 33.6. The van der Waals surface area contributed by atoms with E-state index in [1.165, 1.54) is 20.8 Å². The van der Waals surface area contributed by atoms with E-state index in [0.29, 0.717) is 30.4 Å². The molecule has 3 aromatic rings. The molecule has 0 aliphatic rings. The van der Waals surface area contributed by atoms with Crippen LogP contribution < -0.4 is 5.32 Å². The van der Waals surface area contributed by atoms with Gasteiger partial charge in [-0.3, -0.25) is 5.32 Å². The Balaban J connectivity index is 2.09. The molecule has 1 atom stereocenters. The van der Waals surface area contributed by atoms with Gasteiger partial charge in [-0.25, -0.2) is 9.78 Å². The minimum absolute atomic E-state index is 0.0729. The van der Waals surface area contributed by atoms with Gasteiger partial charge < -0.3 is 19.0 Å². The van der Waals surface area contributed by atoms with Crippen molar-refractivity contribution in [2.75, 3.05) is 5.32 Å². The number of aromatic hydroxyl groups is 1. The summed E-state index contributed by atoms with van der Waals surface area (Å²) >= 11 is 0. The number of amides is 1. The van der Waals surface area contributed by atoms with Crippen LogP contribution in [-0.4, -0.2) is 38.2 Å². The summed E-state index contributed by atoms with van der Waals surface area (Å²) in [5.41, 5.74) is -6.78. The van der Waals surface area contributed by atoms with Crippen molar-refractivity contribution in [3.05, 3.63) is 53.4 Å². The third-order valence-electron chi connectivity index (χ3n) is 6.51. The van der Waals surface area contributed by atoms with Gasteiger partial charge in [0.15, 0.2) is 5.69 Å². The van der Waals surface area contributed by atoms with Gasteiger partial charge in [-0.05, 0) is 51.2 Å². The first kappa shape index (κ1) is 35.6. The van der Waals surface area contributed by atoms with Crippen molar-refractivity contribution in [2.45, 2.75) is 96.9 Å². The Kier molecular flexibility index (Phi) is 11.1. The molecule has 2 aromatic heterocycles. The molecule has 0 unspecified atom stereocenters. The molecule has 0 radical (unpaired) electrons. The van der Waals surface area contributed by atoms with Gasteiger partial charge in [0.2, 0.25) is 11.5 Å². The zero-order valence-corrected chi connectivity index (χ0v) is 25.5. The highest BCUT2D eigenvalue weighted by atomic mass is 19.4. The van der Waals surface area contributed by atoms with Crippen LogP contribution >= 0.6 is 0 Å². The normalized spacial score (nSPS) is 14.0. The number of nitrogens with one attached hydrogen (secondary N) is 1. The first-order valence-corrected chi connectivity index (χ1v) is 14.2. The molecule has 2 heterocycles. The van der Waals surface area contributed by atoms with Gasteiger partial charge in [0.25, 0.3) is 11.8 Å². The highest BCUT2D eigenvalue weighted by molar-refractivity contribution is 5.89. The Hall–Kier alpha value is -3.88. The average molecular weight is 647 g/mol. The van der Waals surface area contributed by atoms with Gasteiger partial charge in [0, 0.05) is 0 Å². The molecule has 0 bridgehead atoms.